The molecule has 0 saturated heterocycles. The normalized spacial score (nSPS) is 19.2. The molecule has 0 N–H and O–H groups in total. The van der Waals surface area contributed by atoms with Crippen molar-refractivity contribution in [1.82, 2.24) is 0 Å². The van der Waals surface area contributed by atoms with E-state index in [-0.39, 0.29) is 88.2 Å². The van der Waals surface area contributed by atoms with Gasteiger partial charge in [-0.25, -0.2) is 0 Å². The monoisotopic (exact) mass is 856 g/mol. The molecule has 2 saturated carbocycles. The fraction of sp³-hybridized carbons (Fsp3) is 0.500. The van der Waals surface area contributed by atoms with Crippen molar-refractivity contribution in [3.05, 3.63) is 51.4 Å². The van der Waals surface area contributed by atoms with E-state index in [2.05, 4.69) is 51.4 Å². The Hall–Kier alpha value is 2.76. The summed E-state index contributed by atoms with van der Waals surface area (Å²) in [4.78, 5) is 0. The summed E-state index contributed by atoms with van der Waals surface area (Å²) in [5, 5.41) is 0. The number of rotatable bonds is 0. The minimum absolute atomic E-state index is 0. The predicted molar refractivity (Wildman–Crippen MR) is 71.3 cm³/mol. The molecular formula is C16H24I2Ir2+4. The zero-order valence-corrected chi connectivity index (χ0v) is 20.8. The van der Waals surface area contributed by atoms with Crippen molar-refractivity contribution in [3.63, 3.8) is 0 Å². The summed E-state index contributed by atoms with van der Waals surface area (Å²) in [5.74, 6) is 0. The molecule has 0 aromatic carbocycles. The molecule has 0 aliphatic heterocycles. The Morgan fingerprint density at radius 1 is 0.300 bits per heavy atom. The zero-order valence-electron chi connectivity index (χ0n) is 11.7. The van der Waals surface area contributed by atoms with Crippen LogP contribution in [0.1, 0.15) is 51.4 Å². The molecule has 0 heterocycles. The fourth-order valence-electron chi connectivity index (χ4n) is 1.71. The second-order valence-electron chi connectivity index (χ2n) is 4.20. The van der Waals surface area contributed by atoms with Gasteiger partial charge in [-0.15, -0.1) is 0 Å². The maximum absolute atomic E-state index is 2.27. The van der Waals surface area contributed by atoms with Crippen LogP contribution in [-0.2, 0) is 40.2 Å². The molecule has 0 spiro atoms. The molecule has 0 unspecified atom stereocenters. The second-order valence-corrected chi connectivity index (χ2v) is 4.20. The molecule has 0 amide bonds. The number of halogens is 2. The summed E-state index contributed by atoms with van der Waals surface area (Å²) in [6.07, 6.45) is 28.0. The Kier molecular flexibility index (Phi) is 40.8. The van der Waals surface area contributed by atoms with Crippen LogP contribution in [0.15, 0.2) is 0 Å². The first kappa shape index (κ1) is 30.6. The molecular weight excluding hydrogens is 830 g/mol. The molecule has 116 valence electrons. The van der Waals surface area contributed by atoms with E-state index in [1.807, 2.05) is 0 Å². The average Bonchev–Trinajstić information content (AvgIpc) is 2.15. The van der Waals surface area contributed by atoms with Gasteiger partial charge in [0.25, 0.3) is 0 Å². The van der Waals surface area contributed by atoms with Crippen molar-refractivity contribution in [3.8, 4) is 0 Å². The van der Waals surface area contributed by atoms with Gasteiger partial charge in [-0.2, -0.15) is 0 Å². The Bertz CT molecular complexity index is 82.4. The predicted octanol–water partition coefficient (Wildman–Crippen LogP) is -1.24. The third-order valence-electron chi connectivity index (χ3n) is 2.67. The van der Waals surface area contributed by atoms with Gasteiger partial charge in [0, 0.05) is 0 Å². The quantitative estimate of drug-likeness (QED) is 0.268. The Morgan fingerprint density at radius 3 is 0.500 bits per heavy atom. The molecule has 0 bridgehead atoms. The summed E-state index contributed by atoms with van der Waals surface area (Å²) in [6, 6.07) is 0. The number of hydrogen-bond donors (Lipinski definition) is 0. The largest absolute Gasteiger partial charge is 3.00 e. The van der Waals surface area contributed by atoms with E-state index in [1.54, 1.807) is 0 Å². The van der Waals surface area contributed by atoms with E-state index >= 15 is 0 Å². The average molecular weight is 855 g/mol. The van der Waals surface area contributed by atoms with Crippen LogP contribution in [-0.4, -0.2) is 0 Å². The Balaban J connectivity index is -0.000000107. The van der Waals surface area contributed by atoms with Crippen molar-refractivity contribution in [2.24, 2.45) is 0 Å². The third-order valence-corrected chi connectivity index (χ3v) is 2.67. The van der Waals surface area contributed by atoms with Crippen molar-refractivity contribution in [2.45, 2.75) is 51.4 Å². The van der Waals surface area contributed by atoms with Gasteiger partial charge in [-0.3, -0.25) is 0 Å². The summed E-state index contributed by atoms with van der Waals surface area (Å²) in [7, 11) is 0. The molecule has 2 aliphatic rings. The van der Waals surface area contributed by atoms with Gasteiger partial charge < -0.3 is 48.0 Å². The van der Waals surface area contributed by atoms with Gasteiger partial charge in [0.1, 0.15) is 0 Å². The van der Waals surface area contributed by atoms with Crippen LogP contribution < -0.4 is 48.0 Å². The van der Waals surface area contributed by atoms with Crippen LogP contribution in [0, 0.1) is 51.4 Å². The zero-order chi connectivity index (χ0) is 11.3. The molecule has 2 aliphatic carbocycles. The van der Waals surface area contributed by atoms with Crippen LogP contribution in [0.5, 0.6) is 0 Å². The molecule has 0 atom stereocenters. The molecule has 2 rings (SSSR count). The Labute approximate surface area is 188 Å². The SMILES string of the molecule is [CH]1[CH]CC[CH][CH]CC1.[CH]1[CH]CC[CH][CH]CC1.[I-].[I-].[Ir+3].[Ir+3]. The van der Waals surface area contributed by atoms with E-state index in [0.717, 1.165) is 0 Å². The first-order chi connectivity index (χ1) is 8.00. The molecule has 20 heavy (non-hydrogen) atoms. The standard InChI is InChI=1S/2C8H12.2HI.2Ir/c2*1-2-4-6-8-7-5-3-1;;;;/h2*1-2,7-8H,3-6H2;2*1H;;/q;;;;2*+3/p-2. The van der Waals surface area contributed by atoms with Gasteiger partial charge in [-0.1, -0.05) is 0 Å². The van der Waals surface area contributed by atoms with E-state index in [4.69, 9.17) is 0 Å². The van der Waals surface area contributed by atoms with Crippen molar-refractivity contribution in [2.75, 3.05) is 0 Å². The molecule has 2 fully saturated rings. The van der Waals surface area contributed by atoms with E-state index in [0.29, 0.717) is 0 Å². The summed E-state index contributed by atoms with van der Waals surface area (Å²) in [6.45, 7) is 0. The van der Waals surface area contributed by atoms with Crippen molar-refractivity contribution in [1.29, 1.82) is 0 Å². The number of hydrogen-bond acceptors (Lipinski definition) is 0. The van der Waals surface area contributed by atoms with Crippen molar-refractivity contribution >= 4 is 0 Å². The first-order valence-electron chi connectivity index (χ1n) is 6.60. The molecule has 0 aromatic heterocycles. The maximum atomic E-state index is 2.27. The molecule has 0 nitrogen and oxygen atoms in total. The summed E-state index contributed by atoms with van der Waals surface area (Å²) >= 11 is 0. The topological polar surface area (TPSA) is 0 Å². The van der Waals surface area contributed by atoms with Crippen molar-refractivity contribution < 1.29 is 88.2 Å². The van der Waals surface area contributed by atoms with E-state index < -0.39 is 0 Å². The summed E-state index contributed by atoms with van der Waals surface area (Å²) in [5.41, 5.74) is 0. The minimum Gasteiger partial charge on any atom is -1.00 e. The second kappa shape index (κ2) is 26.6. The van der Waals surface area contributed by atoms with Gasteiger partial charge in [0.2, 0.25) is 0 Å². The van der Waals surface area contributed by atoms with Crippen LogP contribution >= 0.6 is 0 Å². The van der Waals surface area contributed by atoms with E-state index in [1.165, 1.54) is 51.4 Å². The van der Waals surface area contributed by atoms with Crippen LogP contribution in [0.4, 0.5) is 0 Å². The third kappa shape index (κ3) is 23.0. The molecule has 8 radical (unpaired) electrons. The van der Waals surface area contributed by atoms with Gasteiger partial charge >= 0.3 is 40.2 Å². The molecule has 4 heteroatoms. The fourth-order valence-corrected chi connectivity index (χ4v) is 1.71. The first-order valence-corrected chi connectivity index (χ1v) is 6.60. The smallest absolute Gasteiger partial charge is 1.00 e. The van der Waals surface area contributed by atoms with Crippen LogP contribution in [0.25, 0.3) is 0 Å². The van der Waals surface area contributed by atoms with Gasteiger partial charge in [0.05, 0.1) is 0 Å². The van der Waals surface area contributed by atoms with Gasteiger partial charge in [0.15, 0.2) is 0 Å². The Morgan fingerprint density at radius 2 is 0.400 bits per heavy atom. The van der Waals surface area contributed by atoms with E-state index in [9.17, 15) is 0 Å². The maximum Gasteiger partial charge on any atom is 3.00 e. The molecule has 0 aromatic rings. The minimum atomic E-state index is 0. The summed E-state index contributed by atoms with van der Waals surface area (Å²) < 4.78 is 0. The van der Waals surface area contributed by atoms with Crippen LogP contribution in [0.2, 0.25) is 0 Å². The van der Waals surface area contributed by atoms with Crippen LogP contribution in [0.3, 0.4) is 0 Å². The van der Waals surface area contributed by atoms with Gasteiger partial charge in [-0.05, 0) is 103 Å².